The number of hydroxylamine groups is 2. The second-order valence-electron chi connectivity index (χ2n) is 6.83. The van der Waals surface area contributed by atoms with Gasteiger partial charge in [-0.3, -0.25) is 14.2 Å². The highest BCUT2D eigenvalue weighted by atomic mass is 32.3. The van der Waals surface area contributed by atoms with Gasteiger partial charge in [0, 0.05) is 38.6 Å². The fourth-order valence-electron chi connectivity index (χ4n) is 3.12. The number of likely N-dealkylation sites (tertiary alicyclic amines) is 1. The Kier molecular flexibility index (Phi) is 8.07. The van der Waals surface area contributed by atoms with Gasteiger partial charge in [0.05, 0.1) is 6.61 Å². The Balaban J connectivity index is 1.91. The molecule has 3 amide bonds. The SMILES string of the molecule is NC(CONC(=O)[C@@H]1CC(F)(F)CCN1C(=O)NOS(=O)(=O)O)C1CCOCC1. The van der Waals surface area contributed by atoms with Crippen LogP contribution in [0.2, 0.25) is 0 Å². The van der Waals surface area contributed by atoms with Gasteiger partial charge in [-0.25, -0.2) is 19.1 Å². The van der Waals surface area contributed by atoms with Crippen molar-refractivity contribution < 1.29 is 45.2 Å². The van der Waals surface area contributed by atoms with E-state index in [1.165, 1.54) is 5.48 Å². The molecule has 12 nitrogen and oxygen atoms in total. The first-order valence-electron chi connectivity index (χ1n) is 8.84. The van der Waals surface area contributed by atoms with Crippen molar-refractivity contribution in [1.82, 2.24) is 15.9 Å². The third-order valence-electron chi connectivity index (χ3n) is 4.70. The molecule has 0 bridgehead atoms. The van der Waals surface area contributed by atoms with Crippen LogP contribution in [0, 0.1) is 5.92 Å². The summed E-state index contributed by atoms with van der Waals surface area (Å²) in [4.78, 5) is 30.0. The van der Waals surface area contributed by atoms with E-state index in [2.05, 4.69) is 4.28 Å². The van der Waals surface area contributed by atoms with Gasteiger partial charge in [0.25, 0.3) is 11.8 Å². The summed E-state index contributed by atoms with van der Waals surface area (Å²) < 4.78 is 66.0. The minimum atomic E-state index is -5.01. The highest BCUT2D eigenvalue weighted by Gasteiger charge is 2.45. The van der Waals surface area contributed by atoms with Gasteiger partial charge >= 0.3 is 16.4 Å². The first-order chi connectivity index (χ1) is 13.5. The van der Waals surface area contributed by atoms with E-state index < -0.39 is 59.7 Å². The van der Waals surface area contributed by atoms with E-state index in [-0.39, 0.29) is 12.5 Å². The number of alkyl halides is 2. The fraction of sp³-hybridized carbons (Fsp3) is 0.857. The minimum Gasteiger partial charge on any atom is -0.381 e. The van der Waals surface area contributed by atoms with Crippen LogP contribution in [0.4, 0.5) is 13.6 Å². The van der Waals surface area contributed by atoms with E-state index in [1.807, 2.05) is 5.48 Å². The molecule has 2 aliphatic heterocycles. The van der Waals surface area contributed by atoms with Crippen molar-refractivity contribution in [2.75, 3.05) is 26.4 Å². The third kappa shape index (κ3) is 7.60. The van der Waals surface area contributed by atoms with Crippen molar-refractivity contribution in [1.29, 1.82) is 0 Å². The first-order valence-corrected chi connectivity index (χ1v) is 10.2. The molecule has 1 unspecified atom stereocenters. The number of nitrogens with zero attached hydrogens (tertiary/aromatic N) is 1. The lowest BCUT2D eigenvalue weighted by Gasteiger charge is -2.37. The molecule has 29 heavy (non-hydrogen) atoms. The Morgan fingerprint density at radius 2 is 1.97 bits per heavy atom. The number of hydrogen-bond donors (Lipinski definition) is 4. The molecular formula is C14H24F2N4O8S. The van der Waals surface area contributed by atoms with Crippen molar-refractivity contribution in [2.45, 2.75) is 43.7 Å². The quantitative estimate of drug-likeness (QED) is 0.293. The number of halogens is 2. The average Bonchev–Trinajstić information content (AvgIpc) is 2.65. The molecule has 2 fully saturated rings. The van der Waals surface area contributed by atoms with E-state index >= 15 is 0 Å². The van der Waals surface area contributed by atoms with E-state index in [4.69, 9.17) is 19.9 Å². The second-order valence-corrected chi connectivity index (χ2v) is 7.85. The molecule has 0 aromatic heterocycles. The van der Waals surface area contributed by atoms with Crippen LogP contribution in [0.15, 0.2) is 0 Å². The van der Waals surface area contributed by atoms with E-state index in [0.29, 0.717) is 18.1 Å². The zero-order chi connectivity index (χ0) is 21.7. The summed E-state index contributed by atoms with van der Waals surface area (Å²) in [7, 11) is -5.01. The van der Waals surface area contributed by atoms with Crippen molar-refractivity contribution in [2.24, 2.45) is 11.7 Å². The van der Waals surface area contributed by atoms with Crippen LogP contribution in [0.5, 0.6) is 0 Å². The van der Waals surface area contributed by atoms with Gasteiger partial charge in [0.15, 0.2) is 0 Å². The van der Waals surface area contributed by atoms with Crippen LogP contribution in [0.3, 0.4) is 0 Å². The van der Waals surface area contributed by atoms with Gasteiger partial charge in [-0.15, -0.1) is 4.28 Å². The number of carbonyl (C=O) groups is 2. The number of ether oxygens (including phenoxy) is 1. The summed E-state index contributed by atoms with van der Waals surface area (Å²) in [6, 6.07) is -3.37. The predicted octanol–water partition coefficient (Wildman–Crippen LogP) is -0.668. The summed E-state index contributed by atoms with van der Waals surface area (Å²) in [5.41, 5.74) is 9.37. The zero-order valence-corrected chi connectivity index (χ0v) is 16.2. The van der Waals surface area contributed by atoms with Crippen molar-refractivity contribution in [3.8, 4) is 0 Å². The maximum atomic E-state index is 13.7. The van der Waals surface area contributed by atoms with Crippen LogP contribution in [-0.4, -0.2) is 74.2 Å². The number of nitrogens with one attached hydrogen (secondary N) is 2. The highest BCUT2D eigenvalue weighted by Crippen LogP contribution is 2.32. The number of carbonyl (C=O) groups excluding carboxylic acids is 2. The fourth-order valence-corrected chi connectivity index (χ4v) is 3.29. The molecule has 0 aromatic carbocycles. The molecule has 0 aliphatic carbocycles. The molecule has 168 valence electrons. The largest absolute Gasteiger partial charge is 0.418 e. The van der Waals surface area contributed by atoms with Gasteiger partial charge in [0.2, 0.25) is 0 Å². The van der Waals surface area contributed by atoms with Crippen molar-refractivity contribution in [3.05, 3.63) is 0 Å². The molecule has 15 heteroatoms. The molecule has 2 aliphatic rings. The normalized spacial score (nSPS) is 24.0. The molecular weight excluding hydrogens is 422 g/mol. The third-order valence-corrected chi connectivity index (χ3v) is 5.00. The Hall–Kier alpha value is -1.65. The van der Waals surface area contributed by atoms with E-state index in [0.717, 1.165) is 12.8 Å². The molecule has 5 N–H and O–H groups in total. The zero-order valence-electron chi connectivity index (χ0n) is 15.4. The molecule has 0 radical (unpaired) electrons. The van der Waals surface area contributed by atoms with E-state index in [1.54, 1.807) is 0 Å². The number of amides is 3. The monoisotopic (exact) mass is 446 g/mol. The van der Waals surface area contributed by atoms with Gasteiger partial charge in [-0.05, 0) is 18.8 Å². The Morgan fingerprint density at radius 3 is 2.59 bits per heavy atom. The Labute approximate surface area is 165 Å². The number of hydrogen-bond acceptors (Lipinski definition) is 8. The molecule has 2 saturated heterocycles. The van der Waals surface area contributed by atoms with E-state index in [9.17, 15) is 26.8 Å². The van der Waals surface area contributed by atoms with Crippen LogP contribution < -0.4 is 16.7 Å². The molecule has 0 saturated carbocycles. The Morgan fingerprint density at radius 1 is 1.31 bits per heavy atom. The lowest BCUT2D eigenvalue weighted by atomic mass is 9.93. The number of piperidine rings is 1. The molecule has 2 atom stereocenters. The summed E-state index contributed by atoms with van der Waals surface area (Å²) in [5.74, 6) is -4.13. The molecule has 2 rings (SSSR count). The highest BCUT2D eigenvalue weighted by molar-refractivity contribution is 7.80. The van der Waals surface area contributed by atoms with Crippen molar-refractivity contribution in [3.63, 3.8) is 0 Å². The van der Waals surface area contributed by atoms with Crippen LogP contribution in [0.25, 0.3) is 0 Å². The topological polar surface area (TPSA) is 170 Å². The predicted molar refractivity (Wildman–Crippen MR) is 91.5 cm³/mol. The number of nitrogens with two attached hydrogens (primary N) is 1. The summed E-state index contributed by atoms with van der Waals surface area (Å²) in [5, 5.41) is 0. The van der Waals surface area contributed by atoms with Gasteiger partial charge in [-0.1, -0.05) is 0 Å². The second kappa shape index (κ2) is 9.90. The van der Waals surface area contributed by atoms with Gasteiger partial charge in [-0.2, -0.15) is 13.9 Å². The minimum absolute atomic E-state index is 0.0718. The van der Waals surface area contributed by atoms with Crippen LogP contribution in [-0.2, 0) is 29.1 Å². The molecule has 2 heterocycles. The van der Waals surface area contributed by atoms with Crippen LogP contribution in [0.1, 0.15) is 25.7 Å². The first kappa shape index (κ1) is 23.6. The molecule has 0 aromatic rings. The summed E-state index contributed by atoms with van der Waals surface area (Å²) in [6.07, 6.45) is -0.289. The lowest BCUT2D eigenvalue weighted by molar-refractivity contribution is -0.147. The number of urea groups is 1. The maximum absolute atomic E-state index is 13.7. The number of rotatable bonds is 7. The summed E-state index contributed by atoms with van der Waals surface area (Å²) in [6.45, 7) is 0.500. The summed E-state index contributed by atoms with van der Waals surface area (Å²) >= 11 is 0. The lowest BCUT2D eigenvalue weighted by Crippen LogP contribution is -2.58. The standard InChI is InChI=1S/C14H24F2N4O8S/c15-14(16)3-4-20(13(22)19-28-29(23,24)25)11(7-14)12(21)18-27-8-10(17)9-1-5-26-6-2-9/h9-11H,1-8,17H2,(H,18,21)(H,19,22)(H,23,24,25)/t10?,11-/m0/s1. The van der Waals surface area contributed by atoms with Crippen LogP contribution >= 0.6 is 0 Å². The van der Waals surface area contributed by atoms with Gasteiger partial charge < -0.3 is 15.4 Å². The maximum Gasteiger partial charge on any atom is 0.418 e. The molecule has 0 spiro atoms. The van der Waals surface area contributed by atoms with Crippen molar-refractivity contribution >= 4 is 22.3 Å². The average molecular weight is 446 g/mol. The Bertz CT molecular complexity index is 689. The smallest absolute Gasteiger partial charge is 0.381 e. The van der Waals surface area contributed by atoms with Gasteiger partial charge in [0.1, 0.15) is 6.04 Å².